The SMILES string of the molecule is O=C(NC1(C(=O)O)CCC(F)(F)CC1)c1cc2ccc(Br)cc2o1. The van der Waals surface area contributed by atoms with Crippen molar-refractivity contribution in [2.24, 2.45) is 0 Å². The molecule has 2 N–H and O–H groups in total. The van der Waals surface area contributed by atoms with E-state index in [1.165, 1.54) is 6.07 Å². The van der Waals surface area contributed by atoms with Crippen LogP contribution in [-0.2, 0) is 4.79 Å². The first-order valence-corrected chi connectivity index (χ1v) is 8.13. The van der Waals surface area contributed by atoms with Gasteiger partial charge >= 0.3 is 5.97 Å². The Morgan fingerprint density at radius 3 is 2.46 bits per heavy atom. The number of fused-ring (bicyclic) bond motifs is 1. The summed E-state index contributed by atoms with van der Waals surface area (Å²) in [6.07, 6.45) is -1.81. The van der Waals surface area contributed by atoms with Gasteiger partial charge in [-0.3, -0.25) is 4.79 Å². The van der Waals surface area contributed by atoms with Crippen LogP contribution < -0.4 is 5.32 Å². The van der Waals surface area contributed by atoms with Crippen molar-refractivity contribution in [2.45, 2.75) is 37.1 Å². The molecule has 1 aliphatic carbocycles. The number of rotatable bonds is 3. The monoisotopic (exact) mass is 401 g/mol. The third-order valence-electron chi connectivity index (χ3n) is 4.30. The molecule has 1 saturated carbocycles. The van der Waals surface area contributed by atoms with Gasteiger partial charge in [0.15, 0.2) is 5.76 Å². The molecule has 5 nitrogen and oxygen atoms in total. The number of carbonyl (C=O) groups excluding carboxylic acids is 1. The van der Waals surface area contributed by atoms with Gasteiger partial charge in [0.05, 0.1) is 0 Å². The van der Waals surface area contributed by atoms with Crippen LogP contribution in [0.5, 0.6) is 0 Å². The van der Waals surface area contributed by atoms with Gasteiger partial charge in [0.2, 0.25) is 5.92 Å². The summed E-state index contributed by atoms with van der Waals surface area (Å²) >= 11 is 3.29. The summed E-state index contributed by atoms with van der Waals surface area (Å²) in [5, 5.41) is 12.5. The summed E-state index contributed by atoms with van der Waals surface area (Å²) in [5.74, 6) is -4.99. The molecule has 2 aromatic rings. The maximum absolute atomic E-state index is 13.3. The third-order valence-corrected chi connectivity index (χ3v) is 4.80. The predicted octanol–water partition coefficient (Wildman–Crippen LogP) is 3.96. The van der Waals surface area contributed by atoms with Crippen LogP contribution in [0.3, 0.4) is 0 Å². The van der Waals surface area contributed by atoms with E-state index in [1.807, 2.05) is 0 Å². The minimum absolute atomic E-state index is 0.0546. The van der Waals surface area contributed by atoms with Crippen molar-refractivity contribution in [3.63, 3.8) is 0 Å². The van der Waals surface area contributed by atoms with Crippen LogP contribution in [0.4, 0.5) is 8.78 Å². The smallest absolute Gasteiger partial charge is 0.329 e. The first-order chi connectivity index (χ1) is 11.2. The molecular weight excluding hydrogens is 388 g/mol. The summed E-state index contributed by atoms with van der Waals surface area (Å²) in [6.45, 7) is 0. The lowest BCUT2D eigenvalue weighted by Crippen LogP contribution is -2.57. The number of carboxylic acid groups (broad SMARTS) is 1. The van der Waals surface area contributed by atoms with Crippen LogP contribution in [0.15, 0.2) is 33.2 Å². The second-order valence-electron chi connectivity index (χ2n) is 5.99. The highest BCUT2D eigenvalue weighted by Crippen LogP contribution is 2.39. The number of amides is 1. The molecule has 0 unspecified atom stereocenters. The number of nitrogens with one attached hydrogen (secondary N) is 1. The third kappa shape index (κ3) is 3.15. The van der Waals surface area contributed by atoms with E-state index in [0.717, 1.165) is 4.47 Å². The van der Waals surface area contributed by atoms with Crippen LogP contribution in [0, 0.1) is 0 Å². The standard InChI is InChI=1S/C16H14BrF2NO4/c17-10-2-1-9-7-12(24-11(9)8-10)13(21)20-15(14(22)23)3-5-16(18,19)6-4-15/h1-2,7-8H,3-6H2,(H,20,21)(H,22,23). The number of alkyl halides is 2. The fourth-order valence-electron chi connectivity index (χ4n) is 2.83. The number of hydrogen-bond donors (Lipinski definition) is 2. The van der Waals surface area contributed by atoms with E-state index >= 15 is 0 Å². The normalized spacial score (nSPS) is 19.1. The van der Waals surface area contributed by atoms with Gasteiger partial charge in [-0.1, -0.05) is 15.9 Å². The Labute approximate surface area is 144 Å². The average Bonchev–Trinajstić information content (AvgIpc) is 2.92. The highest BCUT2D eigenvalue weighted by atomic mass is 79.9. The molecule has 1 aromatic heterocycles. The molecule has 0 radical (unpaired) electrons. The molecule has 1 aliphatic rings. The van der Waals surface area contributed by atoms with E-state index in [4.69, 9.17) is 4.42 Å². The molecule has 0 aliphatic heterocycles. The van der Waals surface area contributed by atoms with E-state index in [2.05, 4.69) is 21.2 Å². The van der Waals surface area contributed by atoms with Crippen molar-refractivity contribution in [3.05, 3.63) is 34.5 Å². The molecular formula is C16H14BrF2NO4. The Balaban J connectivity index is 1.84. The number of benzene rings is 1. The molecule has 1 fully saturated rings. The minimum atomic E-state index is -2.89. The summed E-state index contributed by atoms with van der Waals surface area (Å²) in [4.78, 5) is 23.9. The van der Waals surface area contributed by atoms with Gasteiger partial charge in [0.1, 0.15) is 11.1 Å². The Morgan fingerprint density at radius 2 is 1.83 bits per heavy atom. The summed E-state index contributed by atoms with van der Waals surface area (Å²) in [5.41, 5.74) is -1.23. The van der Waals surface area contributed by atoms with Gasteiger partial charge in [-0.25, -0.2) is 13.6 Å². The molecule has 128 valence electrons. The molecule has 1 heterocycles. The van der Waals surface area contributed by atoms with Crippen molar-refractivity contribution in [2.75, 3.05) is 0 Å². The molecule has 8 heteroatoms. The Kier molecular flexibility index (Phi) is 4.11. The fourth-order valence-corrected chi connectivity index (χ4v) is 3.17. The molecule has 0 saturated heterocycles. The van der Waals surface area contributed by atoms with Gasteiger partial charge in [-0.05, 0) is 37.1 Å². The molecule has 24 heavy (non-hydrogen) atoms. The summed E-state index contributed by atoms with van der Waals surface area (Å²) in [6, 6.07) is 6.69. The maximum atomic E-state index is 13.3. The predicted molar refractivity (Wildman–Crippen MR) is 85.2 cm³/mol. The van der Waals surface area contributed by atoms with Gasteiger partial charge in [-0.15, -0.1) is 0 Å². The number of halogens is 3. The Morgan fingerprint density at radius 1 is 1.17 bits per heavy atom. The van der Waals surface area contributed by atoms with Crippen molar-refractivity contribution < 1.29 is 27.9 Å². The van der Waals surface area contributed by atoms with Gasteiger partial charge < -0.3 is 14.8 Å². The van der Waals surface area contributed by atoms with E-state index in [9.17, 15) is 23.5 Å². The second-order valence-corrected chi connectivity index (χ2v) is 6.91. The number of carboxylic acids is 1. The van der Waals surface area contributed by atoms with Crippen LogP contribution >= 0.6 is 15.9 Å². The number of carbonyl (C=O) groups is 2. The van der Waals surface area contributed by atoms with Crippen LogP contribution in [0.25, 0.3) is 11.0 Å². The van der Waals surface area contributed by atoms with E-state index < -0.39 is 36.2 Å². The van der Waals surface area contributed by atoms with E-state index in [-0.39, 0.29) is 18.6 Å². The first kappa shape index (κ1) is 16.9. The summed E-state index contributed by atoms with van der Waals surface area (Å²) in [7, 11) is 0. The van der Waals surface area contributed by atoms with Crippen molar-refractivity contribution in [1.29, 1.82) is 0 Å². The van der Waals surface area contributed by atoms with Gasteiger partial charge in [0.25, 0.3) is 5.91 Å². The quantitative estimate of drug-likeness (QED) is 0.815. The molecule has 0 atom stereocenters. The Hall–Kier alpha value is -1.96. The highest BCUT2D eigenvalue weighted by Gasteiger charge is 2.49. The lowest BCUT2D eigenvalue weighted by Gasteiger charge is -2.36. The van der Waals surface area contributed by atoms with Gasteiger partial charge in [0, 0.05) is 22.7 Å². The molecule has 1 aromatic carbocycles. The zero-order valence-electron chi connectivity index (χ0n) is 12.4. The topological polar surface area (TPSA) is 79.5 Å². The van der Waals surface area contributed by atoms with Crippen molar-refractivity contribution >= 4 is 38.8 Å². The summed E-state index contributed by atoms with van der Waals surface area (Å²) < 4.78 is 32.8. The van der Waals surface area contributed by atoms with Crippen molar-refractivity contribution in [1.82, 2.24) is 5.32 Å². The second kappa shape index (κ2) is 5.84. The van der Waals surface area contributed by atoms with Crippen LogP contribution in [0.2, 0.25) is 0 Å². The van der Waals surface area contributed by atoms with Crippen LogP contribution in [0.1, 0.15) is 36.2 Å². The number of aliphatic carboxylic acids is 1. The average molecular weight is 402 g/mol. The zero-order chi connectivity index (χ0) is 17.5. The molecule has 0 bridgehead atoms. The highest BCUT2D eigenvalue weighted by molar-refractivity contribution is 9.10. The lowest BCUT2D eigenvalue weighted by atomic mass is 9.79. The Bertz CT molecular complexity index is 808. The maximum Gasteiger partial charge on any atom is 0.329 e. The first-order valence-electron chi connectivity index (χ1n) is 7.34. The molecule has 3 rings (SSSR count). The minimum Gasteiger partial charge on any atom is -0.480 e. The fraction of sp³-hybridized carbons (Fsp3) is 0.375. The van der Waals surface area contributed by atoms with E-state index in [1.54, 1.807) is 18.2 Å². The van der Waals surface area contributed by atoms with Gasteiger partial charge in [-0.2, -0.15) is 0 Å². The largest absolute Gasteiger partial charge is 0.480 e. The molecule has 1 amide bonds. The lowest BCUT2D eigenvalue weighted by molar-refractivity contribution is -0.150. The number of hydrogen-bond acceptors (Lipinski definition) is 3. The zero-order valence-corrected chi connectivity index (χ0v) is 14.0. The van der Waals surface area contributed by atoms with Crippen LogP contribution in [-0.4, -0.2) is 28.4 Å². The number of furan rings is 1. The van der Waals surface area contributed by atoms with E-state index in [0.29, 0.717) is 11.0 Å². The molecule has 0 spiro atoms. The van der Waals surface area contributed by atoms with Crippen molar-refractivity contribution in [3.8, 4) is 0 Å².